The fourth-order valence-corrected chi connectivity index (χ4v) is 2.08. The molecule has 2 rings (SSSR count). The van der Waals surface area contributed by atoms with E-state index >= 15 is 0 Å². The van der Waals surface area contributed by atoms with Crippen molar-refractivity contribution in [2.75, 3.05) is 5.32 Å². The van der Waals surface area contributed by atoms with Gasteiger partial charge in [-0.3, -0.25) is 0 Å². The van der Waals surface area contributed by atoms with Crippen LogP contribution in [0.1, 0.15) is 29.3 Å². The maximum atomic E-state index is 11.0. The van der Waals surface area contributed by atoms with E-state index in [9.17, 15) is 4.79 Å². The number of rotatable bonds is 5. The number of nitrogens with one attached hydrogen (secondary N) is 1. The Labute approximate surface area is 122 Å². The maximum Gasteiger partial charge on any atom is 0.335 e. The molecule has 0 aliphatic carbocycles. The number of carboxylic acids is 1. The summed E-state index contributed by atoms with van der Waals surface area (Å²) in [6.07, 6.45) is 2.14. The number of halogens is 1. The second-order valence-corrected chi connectivity index (χ2v) is 4.83. The molecule has 0 aliphatic rings. The van der Waals surface area contributed by atoms with Crippen molar-refractivity contribution < 1.29 is 9.90 Å². The molecule has 0 amide bonds. The molecule has 0 aliphatic heterocycles. The zero-order valence-corrected chi connectivity index (χ0v) is 11.8. The molecule has 2 aromatic rings. The van der Waals surface area contributed by atoms with Gasteiger partial charge < -0.3 is 10.4 Å². The third kappa shape index (κ3) is 3.71. The smallest absolute Gasteiger partial charge is 0.335 e. The molecule has 5 heteroatoms. The molecule has 0 unspecified atom stereocenters. The Morgan fingerprint density at radius 1 is 1.30 bits per heavy atom. The van der Waals surface area contributed by atoms with Crippen LogP contribution in [-0.2, 0) is 6.42 Å². The van der Waals surface area contributed by atoms with Gasteiger partial charge in [-0.2, -0.15) is 0 Å². The Balaban J connectivity index is 2.19. The van der Waals surface area contributed by atoms with E-state index in [-0.39, 0.29) is 10.7 Å². The van der Waals surface area contributed by atoms with E-state index < -0.39 is 5.97 Å². The molecule has 0 radical (unpaired) electrons. The van der Waals surface area contributed by atoms with Gasteiger partial charge in [-0.25, -0.2) is 9.78 Å². The highest BCUT2D eigenvalue weighted by atomic mass is 35.5. The molecule has 104 valence electrons. The maximum absolute atomic E-state index is 11.0. The van der Waals surface area contributed by atoms with Crippen LogP contribution in [-0.4, -0.2) is 16.1 Å². The van der Waals surface area contributed by atoms with Crippen LogP contribution in [0.25, 0.3) is 0 Å². The zero-order valence-electron chi connectivity index (χ0n) is 11.1. The molecule has 1 heterocycles. The summed E-state index contributed by atoms with van der Waals surface area (Å²) in [6.45, 7) is 2.13. The van der Waals surface area contributed by atoms with E-state index in [2.05, 4.69) is 17.2 Å². The van der Waals surface area contributed by atoms with Crippen LogP contribution in [0.3, 0.4) is 0 Å². The number of aromatic carboxylic acids is 1. The summed E-state index contributed by atoms with van der Waals surface area (Å²) in [5.41, 5.74) is 2.22. The van der Waals surface area contributed by atoms with Gasteiger partial charge >= 0.3 is 5.97 Å². The van der Waals surface area contributed by atoms with Crippen molar-refractivity contribution in [3.05, 3.63) is 52.7 Å². The van der Waals surface area contributed by atoms with E-state index in [1.54, 1.807) is 0 Å². The number of pyridine rings is 1. The molecular formula is C15H15ClN2O2. The molecule has 20 heavy (non-hydrogen) atoms. The lowest BCUT2D eigenvalue weighted by molar-refractivity contribution is 0.0697. The van der Waals surface area contributed by atoms with Crippen molar-refractivity contribution in [2.24, 2.45) is 0 Å². The molecule has 0 spiro atoms. The largest absolute Gasteiger partial charge is 0.478 e. The minimum atomic E-state index is -1.03. The van der Waals surface area contributed by atoms with Crippen molar-refractivity contribution in [1.82, 2.24) is 4.98 Å². The Bertz CT molecular complexity index is 612. The summed E-state index contributed by atoms with van der Waals surface area (Å²) in [6, 6.07) is 10.7. The molecular weight excluding hydrogens is 276 g/mol. The SMILES string of the molecule is CCCc1ccc(Nc2cc(C(=O)O)cc(Cl)n2)cc1. The number of benzene rings is 1. The minimum Gasteiger partial charge on any atom is -0.478 e. The number of carbonyl (C=O) groups is 1. The van der Waals surface area contributed by atoms with Crippen LogP contribution in [0.15, 0.2) is 36.4 Å². The number of hydrogen-bond donors (Lipinski definition) is 2. The molecule has 0 fully saturated rings. The van der Waals surface area contributed by atoms with Crippen LogP contribution in [0.4, 0.5) is 11.5 Å². The lowest BCUT2D eigenvalue weighted by atomic mass is 10.1. The van der Waals surface area contributed by atoms with Gasteiger partial charge in [0.05, 0.1) is 5.56 Å². The summed E-state index contributed by atoms with van der Waals surface area (Å²) >= 11 is 5.81. The van der Waals surface area contributed by atoms with Crippen LogP contribution in [0.5, 0.6) is 0 Å². The molecule has 2 N–H and O–H groups in total. The molecule has 0 saturated carbocycles. The number of hydrogen-bond acceptors (Lipinski definition) is 3. The molecule has 1 aromatic heterocycles. The van der Waals surface area contributed by atoms with E-state index in [4.69, 9.17) is 16.7 Å². The lowest BCUT2D eigenvalue weighted by Crippen LogP contribution is -2.00. The molecule has 4 nitrogen and oxygen atoms in total. The van der Waals surface area contributed by atoms with E-state index in [1.165, 1.54) is 17.7 Å². The first kappa shape index (κ1) is 14.3. The van der Waals surface area contributed by atoms with Crippen LogP contribution < -0.4 is 5.32 Å². The summed E-state index contributed by atoms with van der Waals surface area (Å²) in [7, 11) is 0. The lowest BCUT2D eigenvalue weighted by Gasteiger charge is -2.08. The van der Waals surface area contributed by atoms with Gasteiger partial charge in [0.15, 0.2) is 0 Å². The van der Waals surface area contributed by atoms with Gasteiger partial charge in [0.25, 0.3) is 0 Å². The first-order valence-electron chi connectivity index (χ1n) is 6.35. The zero-order chi connectivity index (χ0) is 14.5. The van der Waals surface area contributed by atoms with Crippen molar-refractivity contribution >= 4 is 29.1 Å². The number of aryl methyl sites for hydroxylation is 1. The normalized spacial score (nSPS) is 10.3. The quantitative estimate of drug-likeness (QED) is 0.813. The van der Waals surface area contributed by atoms with Gasteiger partial charge in [-0.05, 0) is 36.2 Å². The van der Waals surface area contributed by atoms with Gasteiger partial charge in [0.1, 0.15) is 11.0 Å². The molecule has 0 atom stereocenters. The highest BCUT2D eigenvalue weighted by molar-refractivity contribution is 6.29. The van der Waals surface area contributed by atoms with Crippen LogP contribution in [0.2, 0.25) is 5.15 Å². The monoisotopic (exact) mass is 290 g/mol. The Morgan fingerprint density at radius 2 is 2.00 bits per heavy atom. The standard InChI is InChI=1S/C15H15ClN2O2/c1-2-3-10-4-6-12(7-5-10)17-14-9-11(15(19)20)8-13(16)18-14/h4-9H,2-3H2,1H3,(H,17,18)(H,19,20). The average Bonchev–Trinajstić information content (AvgIpc) is 2.40. The Morgan fingerprint density at radius 3 is 2.60 bits per heavy atom. The fourth-order valence-electron chi connectivity index (χ4n) is 1.88. The minimum absolute atomic E-state index is 0.107. The first-order chi connectivity index (χ1) is 9.58. The van der Waals surface area contributed by atoms with Crippen LogP contribution >= 0.6 is 11.6 Å². The summed E-state index contributed by atoms with van der Waals surface area (Å²) in [5, 5.41) is 12.2. The van der Waals surface area contributed by atoms with Gasteiger partial charge in [0.2, 0.25) is 0 Å². The second kappa shape index (κ2) is 6.39. The van der Waals surface area contributed by atoms with Gasteiger partial charge in [-0.15, -0.1) is 0 Å². The summed E-state index contributed by atoms with van der Waals surface area (Å²) in [5.74, 6) is -0.617. The second-order valence-electron chi connectivity index (χ2n) is 4.44. The van der Waals surface area contributed by atoms with Gasteiger partial charge in [0, 0.05) is 5.69 Å². The molecule has 1 aromatic carbocycles. The molecule has 0 saturated heterocycles. The number of anilines is 2. The fraction of sp³-hybridized carbons (Fsp3) is 0.200. The van der Waals surface area contributed by atoms with E-state index in [0.29, 0.717) is 5.82 Å². The third-order valence-electron chi connectivity index (χ3n) is 2.81. The van der Waals surface area contributed by atoms with Crippen LogP contribution in [0, 0.1) is 0 Å². The number of nitrogens with zero attached hydrogens (tertiary/aromatic N) is 1. The highest BCUT2D eigenvalue weighted by Crippen LogP contribution is 2.20. The predicted octanol–water partition coefficient (Wildman–Crippen LogP) is 4.13. The number of carboxylic acid groups (broad SMARTS) is 1. The Kier molecular flexibility index (Phi) is 4.58. The van der Waals surface area contributed by atoms with Gasteiger partial charge in [-0.1, -0.05) is 37.1 Å². The Hall–Kier alpha value is -2.07. The highest BCUT2D eigenvalue weighted by Gasteiger charge is 2.07. The predicted molar refractivity (Wildman–Crippen MR) is 79.9 cm³/mol. The van der Waals surface area contributed by atoms with Crippen molar-refractivity contribution in [1.29, 1.82) is 0 Å². The van der Waals surface area contributed by atoms with Crippen molar-refractivity contribution in [3.8, 4) is 0 Å². The van der Waals surface area contributed by atoms with E-state index in [0.717, 1.165) is 18.5 Å². The summed E-state index contributed by atoms with van der Waals surface area (Å²) in [4.78, 5) is 15.0. The van der Waals surface area contributed by atoms with Crippen molar-refractivity contribution in [3.63, 3.8) is 0 Å². The molecule has 0 bridgehead atoms. The number of aromatic nitrogens is 1. The average molecular weight is 291 g/mol. The first-order valence-corrected chi connectivity index (χ1v) is 6.73. The van der Waals surface area contributed by atoms with E-state index in [1.807, 2.05) is 24.3 Å². The summed E-state index contributed by atoms with van der Waals surface area (Å²) < 4.78 is 0. The third-order valence-corrected chi connectivity index (χ3v) is 3.00. The topological polar surface area (TPSA) is 62.2 Å². The van der Waals surface area contributed by atoms with Crippen molar-refractivity contribution in [2.45, 2.75) is 19.8 Å².